The Morgan fingerprint density at radius 2 is 2.04 bits per heavy atom. The predicted molar refractivity (Wildman–Crippen MR) is 97.9 cm³/mol. The highest BCUT2D eigenvalue weighted by molar-refractivity contribution is 7.13. The average molecular weight is 353 g/mol. The molecule has 3 rings (SSSR count). The molecule has 0 aliphatic carbocycles. The second-order valence-electron chi connectivity index (χ2n) is 5.49. The van der Waals surface area contributed by atoms with Gasteiger partial charge in [0.15, 0.2) is 0 Å². The summed E-state index contributed by atoms with van der Waals surface area (Å²) in [6, 6.07) is 13.7. The predicted octanol–water partition coefficient (Wildman–Crippen LogP) is 3.40. The van der Waals surface area contributed by atoms with Crippen LogP contribution < -0.4 is 10.1 Å². The Balaban J connectivity index is 1.53. The van der Waals surface area contributed by atoms with E-state index >= 15 is 0 Å². The van der Waals surface area contributed by atoms with Crippen molar-refractivity contribution in [1.82, 2.24) is 15.3 Å². The number of ether oxygens (including phenoxy) is 1. The summed E-state index contributed by atoms with van der Waals surface area (Å²) in [5.41, 5.74) is 1.93. The van der Waals surface area contributed by atoms with E-state index in [1.54, 1.807) is 12.4 Å². The Bertz CT molecular complexity index is 819. The number of hydrogen-bond acceptors (Lipinski definition) is 5. The van der Waals surface area contributed by atoms with Crippen molar-refractivity contribution in [3.63, 3.8) is 0 Å². The van der Waals surface area contributed by atoms with E-state index in [0.717, 1.165) is 17.1 Å². The van der Waals surface area contributed by atoms with Crippen LogP contribution >= 0.6 is 11.3 Å². The lowest BCUT2D eigenvalue weighted by Gasteiger charge is -2.04. The Hall–Kier alpha value is -2.73. The second kappa shape index (κ2) is 8.39. The van der Waals surface area contributed by atoms with Crippen LogP contribution in [-0.4, -0.2) is 22.4 Å². The molecule has 3 aromatic rings. The Labute approximate surface area is 150 Å². The molecule has 0 spiro atoms. The molecule has 0 aliphatic rings. The summed E-state index contributed by atoms with van der Waals surface area (Å²) < 4.78 is 5.63. The molecule has 0 saturated heterocycles. The lowest BCUT2D eigenvalue weighted by Crippen LogP contribution is -2.25. The summed E-state index contributed by atoms with van der Waals surface area (Å²) in [5.74, 6) is 0.600. The normalized spacial score (nSPS) is 10.4. The second-order valence-corrected chi connectivity index (χ2v) is 6.57. The van der Waals surface area contributed by atoms with Crippen molar-refractivity contribution in [2.45, 2.75) is 20.0 Å². The van der Waals surface area contributed by atoms with Gasteiger partial charge in [-0.3, -0.25) is 9.78 Å². The summed E-state index contributed by atoms with van der Waals surface area (Å²) in [7, 11) is 0. The van der Waals surface area contributed by atoms with Crippen LogP contribution in [0.3, 0.4) is 0 Å². The first-order valence-corrected chi connectivity index (χ1v) is 8.85. The van der Waals surface area contributed by atoms with Crippen LogP contribution in [0.2, 0.25) is 0 Å². The summed E-state index contributed by atoms with van der Waals surface area (Å²) in [4.78, 5) is 21.4. The highest BCUT2D eigenvalue weighted by atomic mass is 32.1. The molecule has 0 aliphatic heterocycles. The zero-order valence-electron chi connectivity index (χ0n) is 13.9. The monoisotopic (exact) mass is 353 g/mol. The van der Waals surface area contributed by atoms with Gasteiger partial charge in [-0.15, -0.1) is 11.3 Å². The van der Waals surface area contributed by atoms with Crippen molar-refractivity contribution >= 4 is 17.2 Å². The number of thiazole rings is 1. The molecular formula is C19H19N3O2S. The summed E-state index contributed by atoms with van der Waals surface area (Å²) in [6.45, 7) is 2.77. The van der Waals surface area contributed by atoms with E-state index in [1.807, 2.05) is 37.3 Å². The van der Waals surface area contributed by atoms with Gasteiger partial charge in [-0.05, 0) is 31.0 Å². The van der Waals surface area contributed by atoms with Crippen molar-refractivity contribution < 1.29 is 9.53 Å². The number of amides is 1. The van der Waals surface area contributed by atoms with Gasteiger partial charge in [-0.25, -0.2) is 4.98 Å². The third-order valence-electron chi connectivity index (χ3n) is 3.59. The molecule has 1 aromatic carbocycles. The van der Waals surface area contributed by atoms with E-state index in [4.69, 9.17) is 4.74 Å². The van der Waals surface area contributed by atoms with E-state index in [1.165, 1.54) is 16.9 Å². The van der Waals surface area contributed by atoms with Crippen molar-refractivity contribution in [1.29, 1.82) is 0 Å². The highest BCUT2D eigenvalue weighted by Crippen LogP contribution is 2.20. The Morgan fingerprint density at radius 1 is 1.20 bits per heavy atom. The molecule has 1 N–H and O–H groups in total. The third-order valence-corrected chi connectivity index (χ3v) is 4.72. The van der Waals surface area contributed by atoms with E-state index in [0.29, 0.717) is 23.8 Å². The van der Waals surface area contributed by atoms with E-state index in [9.17, 15) is 4.79 Å². The minimum absolute atomic E-state index is 0.0847. The van der Waals surface area contributed by atoms with Crippen LogP contribution in [0, 0.1) is 6.92 Å². The molecule has 128 valence electrons. The van der Waals surface area contributed by atoms with Crippen LogP contribution in [0.4, 0.5) is 0 Å². The zero-order chi connectivity index (χ0) is 17.5. The first-order chi connectivity index (χ1) is 12.2. The van der Waals surface area contributed by atoms with Gasteiger partial charge in [0.2, 0.25) is 0 Å². The number of benzene rings is 1. The first-order valence-electron chi connectivity index (χ1n) is 8.03. The summed E-state index contributed by atoms with van der Waals surface area (Å²) >= 11 is 1.36. The lowest BCUT2D eigenvalue weighted by molar-refractivity contribution is 0.0957. The fourth-order valence-corrected chi connectivity index (χ4v) is 3.24. The highest BCUT2D eigenvalue weighted by Gasteiger charge is 2.15. The number of hydrogen-bond donors (Lipinski definition) is 1. The Morgan fingerprint density at radius 3 is 2.80 bits per heavy atom. The SMILES string of the molecule is Cc1nc(COc2cccnc2)sc1C(=O)NCCc1ccccc1. The van der Waals surface area contributed by atoms with Gasteiger partial charge < -0.3 is 10.1 Å². The molecule has 5 nitrogen and oxygen atoms in total. The zero-order valence-corrected chi connectivity index (χ0v) is 14.8. The maximum Gasteiger partial charge on any atom is 0.263 e. The molecule has 0 saturated carbocycles. The first kappa shape index (κ1) is 17.1. The van der Waals surface area contributed by atoms with Crippen molar-refractivity contribution in [2.24, 2.45) is 0 Å². The largest absolute Gasteiger partial charge is 0.485 e. The molecule has 6 heteroatoms. The van der Waals surface area contributed by atoms with Crippen LogP contribution in [0.5, 0.6) is 5.75 Å². The number of pyridine rings is 1. The van der Waals surface area contributed by atoms with E-state index in [2.05, 4.69) is 27.4 Å². The number of rotatable bonds is 7. The quantitative estimate of drug-likeness (QED) is 0.707. The van der Waals surface area contributed by atoms with E-state index in [-0.39, 0.29) is 5.91 Å². The lowest BCUT2D eigenvalue weighted by atomic mass is 10.1. The summed E-state index contributed by atoms with van der Waals surface area (Å²) in [6.07, 6.45) is 4.15. The fourth-order valence-electron chi connectivity index (χ4n) is 2.35. The van der Waals surface area contributed by atoms with Gasteiger partial charge in [0.25, 0.3) is 5.91 Å². The molecule has 0 bridgehead atoms. The van der Waals surface area contributed by atoms with Gasteiger partial charge in [0, 0.05) is 12.7 Å². The molecule has 25 heavy (non-hydrogen) atoms. The van der Waals surface area contributed by atoms with Gasteiger partial charge in [-0.1, -0.05) is 30.3 Å². The number of carbonyl (C=O) groups excluding carboxylic acids is 1. The topological polar surface area (TPSA) is 64.1 Å². The molecule has 2 aromatic heterocycles. The molecular weight excluding hydrogens is 334 g/mol. The van der Waals surface area contributed by atoms with Crippen molar-refractivity contribution in [2.75, 3.05) is 6.54 Å². The molecule has 1 amide bonds. The van der Waals surface area contributed by atoms with Crippen LogP contribution in [0.15, 0.2) is 54.9 Å². The maximum atomic E-state index is 12.4. The minimum atomic E-state index is -0.0847. The number of aromatic nitrogens is 2. The number of nitrogens with zero attached hydrogens (tertiary/aromatic N) is 2. The molecule has 2 heterocycles. The van der Waals surface area contributed by atoms with Gasteiger partial charge in [0.05, 0.1) is 11.9 Å². The van der Waals surface area contributed by atoms with Gasteiger partial charge >= 0.3 is 0 Å². The van der Waals surface area contributed by atoms with Crippen LogP contribution in [-0.2, 0) is 13.0 Å². The number of nitrogens with one attached hydrogen (secondary N) is 1. The van der Waals surface area contributed by atoms with Crippen LogP contribution in [0.25, 0.3) is 0 Å². The molecule has 0 fully saturated rings. The van der Waals surface area contributed by atoms with Gasteiger partial charge in [0.1, 0.15) is 22.2 Å². The smallest absolute Gasteiger partial charge is 0.263 e. The van der Waals surface area contributed by atoms with Crippen LogP contribution in [0.1, 0.15) is 25.9 Å². The standard InChI is InChI=1S/C19H19N3O2S/c1-14-18(19(23)21-11-9-15-6-3-2-4-7-15)25-17(22-14)13-24-16-8-5-10-20-12-16/h2-8,10,12H,9,11,13H2,1H3,(H,21,23). The maximum absolute atomic E-state index is 12.4. The average Bonchev–Trinajstić information content (AvgIpc) is 3.02. The fraction of sp³-hybridized carbons (Fsp3) is 0.211. The number of carbonyl (C=O) groups is 1. The Kier molecular flexibility index (Phi) is 5.74. The molecule has 0 unspecified atom stereocenters. The van der Waals surface area contributed by atoms with Crippen molar-refractivity contribution in [3.05, 3.63) is 76.0 Å². The molecule has 0 radical (unpaired) electrons. The van der Waals surface area contributed by atoms with E-state index < -0.39 is 0 Å². The van der Waals surface area contributed by atoms with Crippen molar-refractivity contribution in [3.8, 4) is 5.75 Å². The number of aryl methyl sites for hydroxylation is 1. The summed E-state index contributed by atoms with van der Waals surface area (Å²) in [5, 5.41) is 3.73. The minimum Gasteiger partial charge on any atom is -0.485 e. The van der Waals surface area contributed by atoms with Gasteiger partial charge in [-0.2, -0.15) is 0 Å². The molecule has 0 atom stereocenters. The third kappa shape index (κ3) is 4.87.